The van der Waals surface area contributed by atoms with E-state index in [2.05, 4.69) is 6.08 Å². The number of allylic oxidation sites excluding steroid dienone is 1. The minimum Gasteiger partial charge on any atom is -0.454 e. The van der Waals surface area contributed by atoms with Crippen LogP contribution in [0.4, 0.5) is 0 Å². The number of aliphatic hydroxyl groups is 1. The van der Waals surface area contributed by atoms with E-state index in [-0.39, 0.29) is 6.10 Å². The van der Waals surface area contributed by atoms with Crippen LogP contribution in [0.1, 0.15) is 24.8 Å². The highest BCUT2D eigenvalue weighted by Crippen LogP contribution is 2.36. The molecule has 3 rings (SSSR count). The van der Waals surface area contributed by atoms with Gasteiger partial charge >= 0.3 is 0 Å². The SMILES string of the molecule is OC1CCCC=C1c1ccc2c(c1)OCO2. The molecule has 1 N–H and O–H groups in total. The van der Waals surface area contributed by atoms with Crippen LogP contribution in [0, 0.1) is 0 Å². The van der Waals surface area contributed by atoms with E-state index in [1.807, 2.05) is 18.2 Å². The lowest BCUT2D eigenvalue weighted by atomic mass is 9.91. The van der Waals surface area contributed by atoms with Crippen LogP contribution < -0.4 is 9.47 Å². The van der Waals surface area contributed by atoms with Gasteiger partial charge in [0.1, 0.15) is 0 Å². The van der Waals surface area contributed by atoms with Crippen molar-refractivity contribution >= 4 is 5.57 Å². The first kappa shape index (κ1) is 9.73. The molecule has 0 amide bonds. The average Bonchev–Trinajstić information content (AvgIpc) is 2.76. The fourth-order valence-electron chi connectivity index (χ4n) is 2.25. The van der Waals surface area contributed by atoms with E-state index in [4.69, 9.17) is 9.47 Å². The van der Waals surface area contributed by atoms with E-state index in [1.165, 1.54) is 0 Å². The number of aliphatic hydroxyl groups excluding tert-OH is 1. The van der Waals surface area contributed by atoms with Gasteiger partial charge in [0.2, 0.25) is 6.79 Å². The third-order valence-corrected chi connectivity index (χ3v) is 3.11. The maximum absolute atomic E-state index is 9.93. The Labute approximate surface area is 94.3 Å². The van der Waals surface area contributed by atoms with Crippen LogP contribution in [-0.4, -0.2) is 18.0 Å². The molecule has 0 fully saturated rings. The van der Waals surface area contributed by atoms with Crippen molar-refractivity contribution in [2.45, 2.75) is 25.4 Å². The smallest absolute Gasteiger partial charge is 0.231 e. The first-order valence-electron chi connectivity index (χ1n) is 5.63. The van der Waals surface area contributed by atoms with Gasteiger partial charge in [-0.1, -0.05) is 12.1 Å². The van der Waals surface area contributed by atoms with E-state index in [9.17, 15) is 5.11 Å². The highest BCUT2D eigenvalue weighted by molar-refractivity contribution is 5.71. The maximum Gasteiger partial charge on any atom is 0.231 e. The lowest BCUT2D eigenvalue weighted by Crippen LogP contribution is -2.12. The molecule has 3 heteroatoms. The molecule has 0 saturated carbocycles. The highest BCUT2D eigenvalue weighted by atomic mass is 16.7. The monoisotopic (exact) mass is 218 g/mol. The number of hydrogen-bond acceptors (Lipinski definition) is 3. The molecule has 0 saturated heterocycles. The quantitative estimate of drug-likeness (QED) is 0.786. The number of ether oxygens (including phenoxy) is 2. The second-order valence-corrected chi connectivity index (χ2v) is 4.17. The van der Waals surface area contributed by atoms with Crippen LogP contribution in [0.3, 0.4) is 0 Å². The summed E-state index contributed by atoms with van der Waals surface area (Å²) < 4.78 is 10.6. The van der Waals surface area contributed by atoms with E-state index < -0.39 is 0 Å². The largest absolute Gasteiger partial charge is 0.454 e. The van der Waals surface area contributed by atoms with Crippen molar-refractivity contribution in [2.75, 3.05) is 6.79 Å². The second kappa shape index (κ2) is 3.83. The Bertz CT molecular complexity index is 437. The van der Waals surface area contributed by atoms with Crippen LogP contribution in [0.5, 0.6) is 11.5 Å². The average molecular weight is 218 g/mol. The molecule has 0 bridgehead atoms. The molecule has 2 aliphatic rings. The summed E-state index contributed by atoms with van der Waals surface area (Å²) in [6.07, 6.45) is 4.73. The van der Waals surface area contributed by atoms with E-state index in [0.717, 1.165) is 41.9 Å². The number of rotatable bonds is 1. The fourth-order valence-corrected chi connectivity index (χ4v) is 2.25. The van der Waals surface area contributed by atoms with E-state index >= 15 is 0 Å². The molecular formula is C13H14O3. The van der Waals surface area contributed by atoms with Gasteiger partial charge < -0.3 is 14.6 Å². The molecule has 1 unspecified atom stereocenters. The van der Waals surface area contributed by atoms with E-state index in [1.54, 1.807) is 0 Å². The molecular weight excluding hydrogens is 204 g/mol. The zero-order chi connectivity index (χ0) is 11.0. The Morgan fingerprint density at radius 1 is 1.19 bits per heavy atom. The summed E-state index contributed by atoms with van der Waals surface area (Å²) in [6.45, 7) is 0.292. The van der Waals surface area contributed by atoms with Crippen molar-refractivity contribution in [1.29, 1.82) is 0 Å². The van der Waals surface area contributed by atoms with E-state index in [0.29, 0.717) is 6.79 Å². The molecule has 0 spiro atoms. The second-order valence-electron chi connectivity index (χ2n) is 4.17. The summed E-state index contributed by atoms with van der Waals surface area (Å²) >= 11 is 0. The molecule has 1 atom stereocenters. The molecule has 1 heterocycles. The van der Waals surface area contributed by atoms with Gasteiger partial charge in [0.25, 0.3) is 0 Å². The minimum atomic E-state index is -0.339. The Kier molecular flexibility index (Phi) is 2.33. The molecule has 1 aromatic carbocycles. The van der Waals surface area contributed by atoms with Gasteiger partial charge in [-0.05, 0) is 42.5 Å². The summed E-state index contributed by atoms with van der Waals surface area (Å²) in [4.78, 5) is 0. The van der Waals surface area contributed by atoms with Crippen LogP contribution >= 0.6 is 0 Å². The zero-order valence-corrected chi connectivity index (χ0v) is 8.98. The summed E-state index contributed by atoms with van der Waals surface area (Å²) in [6, 6.07) is 5.83. The predicted octanol–water partition coefficient (Wildman–Crippen LogP) is 2.34. The maximum atomic E-state index is 9.93. The zero-order valence-electron chi connectivity index (χ0n) is 8.98. The number of hydrogen-bond donors (Lipinski definition) is 1. The van der Waals surface area contributed by atoms with Crippen LogP contribution in [-0.2, 0) is 0 Å². The standard InChI is InChI=1S/C13H14O3/c14-11-4-2-1-3-10(11)9-5-6-12-13(7-9)16-8-15-12/h3,5-7,11,14H,1-2,4,8H2. The summed E-state index contributed by atoms with van der Waals surface area (Å²) in [7, 11) is 0. The van der Waals surface area contributed by atoms with Gasteiger partial charge in [0.05, 0.1) is 6.10 Å². The molecule has 1 aliphatic heterocycles. The van der Waals surface area contributed by atoms with Gasteiger partial charge in [-0.2, -0.15) is 0 Å². The van der Waals surface area contributed by atoms with Gasteiger partial charge in [-0.25, -0.2) is 0 Å². The molecule has 3 nitrogen and oxygen atoms in total. The summed E-state index contributed by atoms with van der Waals surface area (Å²) in [5.74, 6) is 1.56. The van der Waals surface area contributed by atoms with Gasteiger partial charge in [0, 0.05) is 0 Å². The van der Waals surface area contributed by atoms with Gasteiger partial charge in [-0.15, -0.1) is 0 Å². The van der Waals surface area contributed by atoms with Crippen LogP contribution in [0.25, 0.3) is 5.57 Å². The molecule has 0 aromatic heterocycles. The lowest BCUT2D eigenvalue weighted by Gasteiger charge is -2.19. The Morgan fingerprint density at radius 3 is 2.94 bits per heavy atom. The third kappa shape index (κ3) is 1.57. The van der Waals surface area contributed by atoms with Crippen molar-refractivity contribution in [1.82, 2.24) is 0 Å². The van der Waals surface area contributed by atoms with Crippen molar-refractivity contribution in [2.24, 2.45) is 0 Å². The van der Waals surface area contributed by atoms with Crippen molar-refractivity contribution < 1.29 is 14.6 Å². The normalized spacial score (nSPS) is 23.1. The molecule has 1 aliphatic carbocycles. The molecule has 16 heavy (non-hydrogen) atoms. The fraction of sp³-hybridized carbons (Fsp3) is 0.385. The number of benzene rings is 1. The molecule has 84 valence electrons. The van der Waals surface area contributed by atoms with Crippen molar-refractivity contribution in [3.05, 3.63) is 29.8 Å². The highest BCUT2D eigenvalue weighted by Gasteiger charge is 2.19. The van der Waals surface area contributed by atoms with Crippen LogP contribution in [0.2, 0.25) is 0 Å². The Hall–Kier alpha value is -1.48. The molecule has 0 radical (unpaired) electrons. The van der Waals surface area contributed by atoms with Crippen molar-refractivity contribution in [3.63, 3.8) is 0 Å². The summed E-state index contributed by atoms with van der Waals surface area (Å²) in [5.41, 5.74) is 2.06. The summed E-state index contributed by atoms with van der Waals surface area (Å²) in [5, 5.41) is 9.93. The molecule has 1 aromatic rings. The minimum absolute atomic E-state index is 0.292. The predicted molar refractivity (Wildman–Crippen MR) is 60.4 cm³/mol. The first-order valence-corrected chi connectivity index (χ1v) is 5.63. The topological polar surface area (TPSA) is 38.7 Å². The number of fused-ring (bicyclic) bond motifs is 1. The lowest BCUT2D eigenvalue weighted by molar-refractivity contribution is 0.174. The van der Waals surface area contributed by atoms with Gasteiger partial charge in [0.15, 0.2) is 11.5 Å². The third-order valence-electron chi connectivity index (χ3n) is 3.11. The Morgan fingerprint density at radius 2 is 2.06 bits per heavy atom. The van der Waals surface area contributed by atoms with Gasteiger partial charge in [-0.3, -0.25) is 0 Å². The Balaban J connectivity index is 1.97. The first-order chi connectivity index (χ1) is 7.84. The van der Waals surface area contributed by atoms with Crippen LogP contribution in [0.15, 0.2) is 24.3 Å². The van der Waals surface area contributed by atoms with Crippen molar-refractivity contribution in [3.8, 4) is 11.5 Å².